The summed E-state index contributed by atoms with van der Waals surface area (Å²) in [6.07, 6.45) is 7.09. The van der Waals surface area contributed by atoms with Gasteiger partial charge in [-0.15, -0.1) is 0 Å². The molecule has 0 spiro atoms. The van der Waals surface area contributed by atoms with Crippen LogP contribution in [0.4, 0.5) is 4.79 Å². The standard InChI is InChI=1S/C12H17N3O3/c1-2-18-11(16)10-5-3-4-7-15(10)12(17)14-8-6-13-9-14/h6,8-10H,2-5,7H2,1H3. The van der Waals surface area contributed by atoms with Gasteiger partial charge in [-0.3, -0.25) is 4.57 Å². The lowest BCUT2D eigenvalue weighted by molar-refractivity contribution is -0.149. The molecule has 1 saturated heterocycles. The van der Waals surface area contributed by atoms with Crippen LogP contribution in [0.1, 0.15) is 26.2 Å². The highest BCUT2D eigenvalue weighted by molar-refractivity contribution is 5.85. The van der Waals surface area contributed by atoms with Gasteiger partial charge in [0.25, 0.3) is 0 Å². The molecule has 1 atom stereocenters. The first-order chi connectivity index (χ1) is 8.74. The number of aromatic nitrogens is 2. The average Bonchev–Trinajstić information content (AvgIpc) is 2.92. The molecule has 1 aromatic heterocycles. The van der Waals surface area contributed by atoms with Crippen molar-refractivity contribution in [3.63, 3.8) is 0 Å². The van der Waals surface area contributed by atoms with Gasteiger partial charge in [0.05, 0.1) is 6.61 Å². The predicted molar refractivity (Wildman–Crippen MR) is 64.0 cm³/mol. The van der Waals surface area contributed by atoms with Crippen LogP contribution in [0.3, 0.4) is 0 Å². The van der Waals surface area contributed by atoms with E-state index in [2.05, 4.69) is 4.98 Å². The van der Waals surface area contributed by atoms with Gasteiger partial charge in [-0.05, 0) is 26.2 Å². The topological polar surface area (TPSA) is 64.4 Å². The lowest BCUT2D eigenvalue weighted by Crippen LogP contribution is -2.50. The first-order valence-corrected chi connectivity index (χ1v) is 6.19. The number of rotatable bonds is 2. The highest BCUT2D eigenvalue weighted by atomic mass is 16.5. The third-order valence-corrected chi connectivity index (χ3v) is 3.03. The van der Waals surface area contributed by atoms with E-state index in [-0.39, 0.29) is 12.0 Å². The van der Waals surface area contributed by atoms with Crippen LogP contribution < -0.4 is 0 Å². The van der Waals surface area contributed by atoms with E-state index in [0.717, 1.165) is 12.8 Å². The Balaban J connectivity index is 2.12. The van der Waals surface area contributed by atoms with Crippen molar-refractivity contribution >= 4 is 12.0 Å². The summed E-state index contributed by atoms with van der Waals surface area (Å²) in [7, 11) is 0. The van der Waals surface area contributed by atoms with Crippen molar-refractivity contribution in [1.29, 1.82) is 0 Å². The molecule has 0 N–H and O–H groups in total. The summed E-state index contributed by atoms with van der Waals surface area (Å²) in [4.78, 5) is 29.5. The Bertz CT molecular complexity index is 416. The van der Waals surface area contributed by atoms with Crippen LogP contribution in [0.15, 0.2) is 18.7 Å². The molecule has 1 fully saturated rings. The maximum Gasteiger partial charge on any atom is 0.330 e. The molecule has 6 nitrogen and oxygen atoms in total. The van der Waals surface area contributed by atoms with E-state index in [9.17, 15) is 9.59 Å². The number of carbonyl (C=O) groups excluding carboxylic acids is 2. The molecule has 0 radical (unpaired) electrons. The highest BCUT2D eigenvalue weighted by Crippen LogP contribution is 2.19. The Labute approximate surface area is 106 Å². The zero-order chi connectivity index (χ0) is 13.0. The Kier molecular flexibility index (Phi) is 3.96. The lowest BCUT2D eigenvalue weighted by Gasteiger charge is -2.33. The highest BCUT2D eigenvalue weighted by Gasteiger charge is 2.33. The number of hydrogen-bond donors (Lipinski definition) is 0. The lowest BCUT2D eigenvalue weighted by atomic mass is 10.0. The molecule has 2 rings (SSSR count). The van der Waals surface area contributed by atoms with Crippen molar-refractivity contribution in [2.45, 2.75) is 32.2 Å². The maximum absolute atomic E-state index is 12.2. The fraction of sp³-hybridized carbons (Fsp3) is 0.583. The summed E-state index contributed by atoms with van der Waals surface area (Å²) in [5, 5.41) is 0. The van der Waals surface area contributed by atoms with Crippen molar-refractivity contribution in [2.75, 3.05) is 13.2 Å². The third kappa shape index (κ3) is 2.52. The van der Waals surface area contributed by atoms with Crippen LogP contribution in [0.25, 0.3) is 0 Å². The van der Waals surface area contributed by atoms with Gasteiger partial charge in [0.15, 0.2) is 0 Å². The molecule has 1 amide bonds. The summed E-state index contributed by atoms with van der Waals surface area (Å²) in [5.41, 5.74) is 0. The second kappa shape index (κ2) is 5.66. The number of likely N-dealkylation sites (tertiary alicyclic amines) is 1. The second-order valence-corrected chi connectivity index (χ2v) is 4.21. The molecule has 1 aliphatic rings. The normalized spacial score (nSPS) is 19.6. The first-order valence-electron chi connectivity index (χ1n) is 6.19. The van der Waals surface area contributed by atoms with E-state index in [1.54, 1.807) is 24.2 Å². The summed E-state index contributed by atoms with van der Waals surface area (Å²) in [5.74, 6) is -0.314. The number of imidazole rings is 1. The predicted octanol–water partition coefficient (Wildman–Crippen LogP) is 1.27. The molecule has 1 aliphatic heterocycles. The van der Waals surface area contributed by atoms with Gasteiger partial charge >= 0.3 is 12.0 Å². The van der Waals surface area contributed by atoms with Crippen LogP contribution in [0, 0.1) is 0 Å². The minimum Gasteiger partial charge on any atom is -0.464 e. The molecule has 18 heavy (non-hydrogen) atoms. The molecule has 0 bridgehead atoms. The SMILES string of the molecule is CCOC(=O)C1CCCCN1C(=O)n1ccnc1. The van der Waals surface area contributed by atoms with Gasteiger partial charge in [-0.1, -0.05) is 0 Å². The molecule has 0 aliphatic carbocycles. The van der Waals surface area contributed by atoms with E-state index in [0.29, 0.717) is 19.6 Å². The van der Waals surface area contributed by atoms with E-state index in [4.69, 9.17) is 4.74 Å². The number of carbonyl (C=O) groups is 2. The Morgan fingerprint density at radius 3 is 2.94 bits per heavy atom. The quantitative estimate of drug-likeness (QED) is 0.742. The Morgan fingerprint density at radius 1 is 1.44 bits per heavy atom. The minimum atomic E-state index is -0.464. The van der Waals surface area contributed by atoms with E-state index < -0.39 is 6.04 Å². The van der Waals surface area contributed by atoms with Crippen molar-refractivity contribution in [3.05, 3.63) is 18.7 Å². The van der Waals surface area contributed by atoms with Gasteiger partial charge in [0.2, 0.25) is 0 Å². The fourth-order valence-corrected chi connectivity index (χ4v) is 2.16. The van der Waals surface area contributed by atoms with E-state index in [1.807, 2.05) is 0 Å². The van der Waals surface area contributed by atoms with Crippen molar-refractivity contribution < 1.29 is 14.3 Å². The number of nitrogens with zero attached hydrogens (tertiary/aromatic N) is 3. The van der Waals surface area contributed by atoms with E-state index >= 15 is 0 Å². The van der Waals surface area contributed by atoms with Crippen molar-refractivity contribution in [3.8, 4) is 0 Å². The molecule has 1 unspecified atom stereocenters. The Morgan fingerprint density at radius 2 is 2.28 bits per heavy atom. The molecule has 1 aromatic rings. The van der Waals surface area contributed by atoms with Crippen LogP contribution >= 0.6 is 0 Å². The number of piperidine rings is 1. The van der Waals surface area contributed by atoms with Crippen molar-refractivity contribution in [1.82, 2.24) is 14.5 Å². The number of amides is 1. The van der Waals surface area contributed by atoms with Gasteiger partial charge in [0.1, 0.15) is 12.4 Å². The Hall–Kier alpha value is -1.85. The average molecular weight is 251 g/mol. The maximum atomic E-state index is 12.2. The van der Waals surface area contributed by atoms with Crippen LogP contribution in [-0.4, -0.2) is 45.6 Å². The summed E-state index contributed by atoms with van der Waals surface area (Å²) in [6, 6.07) is -0.682. The molecule has 98 valence electrons. The molecule has 0 saturated carbocycles. The minimum absolute atomic E-state index is 0.217. The smallest absolute Gasteiger partial charge is 0.330 e. The van der Waals surface area contributed by atoms with Crippen LogP contribution in [0.2, 0.25) is 0 Å². The zero-order valence-corrected chi connectivity index (χ0v) is 10.4. The van der Waals surface area contributed by atoms with E-state index in [1.165, 1.54) is 10.9 Å². The molecule has 6 heteroatoms. The molecular formula is C12H17N3O3. The third-order valence-electron chi connectivity index (χ3n) is 3.03. The molecule has 2 heterocycles. The van der Waals surface area contributed by atoms with Crippen molar-refractivity contribution in [2.24, 2.45) is 0 Å². The summed E-state index contributed by atoms with van der Waals surface area (Å²) >= 11 is 0. The molecular weight excluding hydrogens is 234 g/mol. The second-order valence-electron chi connectivity index (χ2n) is 4.21. The number of hydrogen-bond acceptors (Lipinski definition) is 4. The largest absolute Gasteiger partial charge is 0.464 e. The first kappa shape index (κ1) is 12.6. The van der Waals surface area contributed by atoms with Gasteiger partial charge < -0.3 is 9.64 Å². The van der Waals surface area contributed by atoms with Gasteiger partial charge in [0, 0.05) is 18.9 Å². The van der Waals surface area contributed by atoms with Crippen LogP contribution in [-0.2, 0) is 9.53 Å². The van der Waals surface area contributed by atoms with Crippen LogP contribution in [0.5, 0.6) is 0 Å². The monoisotopic (exact) mass is 251 g/mol. The number of esters is 1. The zero-order valence-electron chi connectivity index (χ0n) is 10.4. The fourth-order valence-electron chi connectivity index (χ4n) is 2.16. The number of ether oxygens (including phenoxy) is 1. The summed E-state index contributed by atoms with van der Waals surface area (Å²) < 4.78 is 6.41. The van der Waals surface area contributed by atoms with Gasteiger partial charge in [-0.25, -0.2) is 14.6 Å². The summed E-state index contributed by atoms with van der Waals surface area (Å²) in [6.45, 7) is 2.69. The van der Waals surface area contributed by atoms with Gasteiger partial charge in [-0.2, -0.15) is 0 Å². The molecule has 0 aromatic carbocycles.